The Bertz CT molecular complexity index is 851. The maximum Gasteiger partial charge on any atom is 0.329 e. The molecule has 0 aliphatic carbocycles. The van der Waals surface area contributed by atoms with Gasteiger partial charge in [0.2, 0.25) is 5.88 Å². The molecule has 1 aromatic heterocycles. The first-order chi connectivity index (χ1) is 13.8. The highest BCUT2D eigenvalue weighted by Crippen LogP contribution is 2.28. The Balaban J connectivity index is 1.55. The number of hydrogen-bond acceptors (Lipinski definition) is 4. The van der Waals surface area contributed by atoms with Crippen LogP contribution in [0, 0.1) is 0 Å². The van der Waals surface area contributed by atoms with Gasteiger partial charge in [-0.15, -0.1) is 5.10 Å². The summed E-state index contributed by atoms with van der Waals surface area (Å²) < 4.78 is 5.94. The topological polar surface area (TPSA) is 58.6 Å². The molecule has 0 saturated carbocycles. The highest BCUT2D eigenvalue weighted by atomic mass is 16.5. The monoisotopic (exact) mass is 374 g/mol. The molecule has 6 nitrogen and oxygen atoms in total. The summed E-state index contributed by atoms with van der Waals surface area (Å²) in [7, 11) is 0. The number of likely N-dealkylation sites (tertiary alicyclic amines) is 1. The molecule has 1 atom stereocenters. The Hall–Kier alpha value is -3.41. The van der Waals surface area contributed by atoms with Crippen LogP contribution in [0.1, 0.15) is 12.8 Å². The minimum atomic E-state index is -0.0946. The van der Waals surface area contributed by atoms with Crippen LogP contribution in [0.2, 0.25) is 0 Å². The molecule has 1 unspecified atom stereocenters. The number of para-hydroxylation sites is 2. The molecule has 0 N–H and O–H groups in total. The average molecular weight is 374 g/mol. The number of ether oxygens (including phenoxy) is 1. The summed E-state index contributed by atoms with van der Waals surface area (Å²) in [6, 6.07) is 23.0. The van der Waals surface area contributed by atoms with Crippen LogP contribution in [0.15, 0.2) is 79.0 Å². The summed E-state index contributed by atoms with van der Waals surface area (Å²) in [5.74, 6) is 0.491. The summed E-state index contributed by atoms with van der Waals surface area (Å²) in [5.41, 5.74) is 1.69. The fraction of sp³-hybridized carbons (Fsp3) is 0.227. The number of nitrogens with zero attached hydrogens (tertiary/aromatic N) is 4. The first-order valence-electron chi connectivity index (χ1n) is 9.45. The van der Waals surface area contributed by atoms with Crippen LogP contribution in [-0.4, -0.2) is 40.3 Å². The van der Waals surface area contributed by atoms with Gasteiger partial charge < -0.3 is 9.64 Å². The number of carbonyl (C=O) groups excluding carboxylic acids is 1. The van der Waals surface area contributed by atoms with Crippen molar-refractivity contribution in [1.82, 2.24) is 15.1 Å². The summed E-state index contributed by atoms with van der Waals surface area (Å²) in [6.45, 7) is 1.22. The largest absolute Gasteiger partial charge is 0.471 e. The number of rotatable bonds is 4. The molecule has 2 amide bonds. The predicted molar refractivity (Wildman–Crippen MR) is 108 cm³/mol. The standard InChI is InChI=1S/C22H22N4O2/c27-22(25-16-8-13-20(17-25)28-21-14-7-15-23-24-21)26(18-9-3-1-4-10-18)19-11-5-2-6-12-19/h1-7,9-12,14-15,20H,8,13,16-17H2. The van der Waals surface area contributed by atoms with Gasteiger partial charge in [-0.2, -0.15) is 5.10 Å². The Labute approximate surface area is 164 Å². The normalized spacial score (nSPS) is 16.4. The zero-order chi connectivity index (χ0) is 19.2. The summed E-state index contributed by atoms with van der Waals surface area (Å²) in [5, 5.41) is 7.84. The van der Waals surface area contributed by atoms with Crippen LogP contribution in [0.3, 0.4) is 0 Å². The second-order valence-corrected chi connectivity index (χ2v) is 6.68. The third-order valence-corrected chi connectivity index (χ3v) is 4.70. The van der Waals surface area contributed by atoms with Crippen molar-refractivity contribution >= 4 is 17.4 Å². The van der Waals surface area contributed by atoms with Gasteiger partial charge in [0.15, 0.2) is 0 Å². The fourth-order valence-corrected chi connectivity index (χ4v) is 3.39. The molecule has 1 saturated heterocycles. The van der Waals surface area contributed by atoms with Crippen LogP contribution in [0.25, 0.3) is 0 Å². The van der Waals surface area contributed by atoms with Gasteiger partial charge in [-0.3, -0.25) is 4.90 Å². The second kappa shape index (κ2) is 8.52. The van der Waals surface area contributed by atoms with Crippen molar-refractivity contribution in [3.8, 4) is 5.88 Å². The van der Waals surface area contributed by atoms with E-state index in [9.17, 15) is 4.79 Å². The Morgan fingerprint density at radius 2 is 1.64 bits per heavy atom. The van der Waals surface area contributed by atoms with Gasteiger partial charge in [0.05, 0.1) is 17.9 Å². The van der Waals surface area contributed by atoms with Crippen LogP contribution < -0.4 is 9.64 Å². The molecule has 1 aliphatic rings. The third kappa shape index (κ3) is 4.11. The van der Waals surface area contributed by atoms with E-state index in [-0.39, 0.29) is 12.1 Å². The van der Waals surface area contributed by atoms with E-state index in [2.05, 4.69) is 10.2 Å². The fourth-order valence-electron chi connectivity index (χ4n) is 3.39. The van der Waals surface area contributed by atoms with E-state index in [1.165, 1.54) is 0 Å². The number of carbonyl (C=O) groups is 1. The lowest BCUT2D eigenvalue weighted by atomic mass is 10.1. The lowest BCUT2D eigenvalue weighted by Gasteiger charge is -2.36. The van der Waals surface area contributed by atoms with E-state index in [0.717, 1.165) is 24.2 Å². The number of piperidine rings is 1. The highest BCUT2D eigenvalue weighted by molar-refractivity contribution is 5.99. The molecular weight excluding hydrogens is 352 g/mol. The van der Waals surface area contributed by atoms with Crippen LogP contribution in [-0.2, 0) is 0 Å². The summed E-state index contributed by atoms with van der Waals surface area (Å²) >= 11 is 0. The number of urea groups is 1. The molecule has 1 fully saturated rings. The summed E-state index contributed by atoms with van der Waals surface area (Å²) in [6.07, 6.45) is 3.29. The maximum atomic E-state index is 13.5. The zero-order valence-corrected chi connectivity index (χ0v) is 15.5. The zero-order valence-electron chi connectivity index (χ0n) is 15.5. The van der Waals surface area contributed by atoms with Gasteiger partial charge in [0.25, 0.3) is 0 Å². The van der Waals surface area contributed by atoms with Gasteiger partial charge in [-0.05, 0) is 43.2 Å². The number of hydrogen-bond donors (Lipinski definition) is 0. The molecule has 3 aromatic rings. The molecule has 0 bridgehead atoms. The van der Waals surface area contributed by atoms with Crippen molar-refractivity contribution in [3.63, 3.8) is 0 Å². The van der Waals surface area contributed by atoms with Crippen LogP contribution in [0.4, 0.5) is 16.2 Å². The van der Waals surface area contributed by atoms with E-state index < -0.39 is 0 Å². The molecule has 142 valence electrons. The molecule has 1 aliphatic heterocycles. The first-order valence-corrected chi connectivity index (χ1v) is 9.45. The summed E-state index contributed by atoms with van der Waals surface area (Å²) in [4.78, 5) is 17.1. The number of amides is 2. The maximum absolute atomic E-state index is 13.5. The minimum Gasteiger partial charge on any atom is -0.471 e. The Kier molecular flexibility index (Phi) is 5.47. The van der Waals surface area contributed by atoms with Crippen molar-refractivity contribution in [2.45, 2.75) is 18.9 Å². The molecule has 2 aromatic carbocycles. The number of aromatic nitrogens is 2. The van der Waals surface area contributed by atoms with Crippen molar-refractivity contribution in [2.75, 3.05) is 18.0 Å². The number of anilines is 2. The molecule has 6 heteroatoms. The minimum absolute atomic E-state index is 0.0511. The predicted octanol–water partition coefficient (Wildman–Crippen LogP) is 4.28. The van der Waals surface area contributed by atoms with Crippen LogP contribution >= 0.6 is 0 Å². The first kappa shape index (κ1) is 18.0. The lowest BCUT2D eigenvalue weighted by Crippen LogP contribution is -2.49. The Morgan fingerprint density at radius 3 is 2.25 bits per heavy atom. The Morgan fingerprint density at radius 1 is 0.964 bits per heavy atom. The van der Waals surface area contributed by atoms with Gasteiger partial charge >= 0.3 is 6.03 Å². The highest BCUT2D eigenvalue weighted by Gasteiger charge is 2.29. The SMILES string of the molecule is O=C(N1CCCC(Oc2cccnn2)C1)N(c1ccccc1)c1ccccc1. The smallest absolute Gasteiger partial charge is 0.329 e. The quantitative estimate of drug-likeness (QED) is 0.684. The van der Waals surface area contributed by atoms with Crippen molar-refractivity contribution in [1.29, 1.82) is 0 Å². The van der Waals surface area contributed by atoms with E-state index in [1.807, 2.05) is 65.6 Å². The molecule has 0 radical (unpaired) electrons. The molecule has 2 heterocycles. The third-order valence-electron chi connectivity index (χ3n) is 4.70. The molecular formula is C22H22N4O2. The van der Waals surface area contributed by atoms with E-state index in [4.69, 9.17) is 4.74 Å². The molecule has 0 spiro atoms. The average Bonchev–Trinajstić information content (AvgIpc) is 2.76. The van der Waals surface area contributed by atoms with Gasteiger partial charge in [-0.1, -0.05) is 36.4 Å². The molecule has 28 heavy (non-hydrogen) atoms. The van der Waals surface area contributed by atoms with Crippen LogP contribution in [0.5, 0.6) is 5.88 Å². The van der Waals surface area contributed by atoms with E-state index in [0.29, 0.717) is 19.0 Å². The van der Waals surface area contributed by atoms with Crippen molar-refractivity contribution in [2.24, 2.45) is 0 Å². The number of benzene rings is 2. The lowest BCUT2D eigenvalue weighted by molar-refractivity contribution is 0.100. The molecule has 4 rings (SSSR count). The van der Waals surface area contributed by atoms with E-state index in [1.54, 1.807) is 23.2 Å². The van der Waals surface area contributed by atoms with Crippen molar-refractivity contribution < 1.29 is 9.53 Å². The van der Waals surface area contributed by atoms with E-state index >= 15 is 0 Å². The van der Waals surface area contributed by atoms with Gasteiger partial charge in [0.1, 0.15) is 6.10 Å². The van der Waals surface area contributed by atoms with Crippen molar-refractivity contribution in [3.05, 3.63) is 79.0 Å². The van der Waals surface area contributed by atoms with Gasteiger partial charge in [0, 0.05) is 18.8 Å². The van der Waals surface area contributed by atoms with Gasteiger partial charge in [-0.25, -0.2) is 4.79 Å². The second-order valence-electron chi connectivity index (χ2n) is 6.68.